The first kappa shape index (κ1) is 13.6. The van der Waals surface area contributed by atoms with Crippen LogP contribution in [0, 0.1) is 0 Å². The van der Waals surface area contributed by atoms with Gasteiger partial charge in [0.1, 0.15) is 0 Å². The predicted molar refractivity (Wildman–Crippen MR) is 62.2 cm³/mol. The first-order chi connectivity index (χ1) is 7.93. The van der Waals surface area contributed by atoms with Gasteiger partial charge in [0.15, 0.2) is 0 Å². The first-order valence-electron chi connectivity index (χ1n) is 4.48. The number of hydrogen-bond acceptors (Lipinski definition) is 1. The van der Waals surface area contributed by atoms with Crippen LogP contribution in [0.15, 0.2) is 33.9 Å². The average molecular weight is 306 g/mol. The maximum absolute atomic E-state index is 12.5. The maximum Gasteiger partial charge on any atom is 0.416 e. The van der Waals surface area contributed by atoms with E-state index in [-0.39, 0.29) is 6.54 Å². The lowest BCUT2D eigenvalue weighted by Crippen LogP contribution is -2.04. The monoisotopic (exact) mass is 305 g/mol. The van der Waals surface area contributed by atoms with Gasteiger partial charge in [-0.2, -0.15) is 13.2 Å². The van der Waals surface area contributed by atoms with Gasteiger partial charge in [-0.25, -0.2) is 0 Å². The van der Waals surface area contributed by atoms with E-state index in [9.17, 15) is 13.2 Å². The van der Waals surface area contributed by atoms with Crippen LogP contribution >= 0.6 is 15.9 Å². The van der Waals surface area contributed by atoms with Crippen molar-refractivity contribution in [3.8, 4) is 0 Å². The molecule has 0 aliphatic heterocycles. The van der Waals surface area contributed by atoms with Gasteiger partial charge in [-0.3, -0.25) is 0 Å². The first-order valence-corrected chi connectivity index (χ1v) is 5.28. The summed E-state index contributed by atoms with van der Waals surface area (Å²) >= 11 is 3.01. The zero-order chi connectivity index (χ0) is 12.9. The zero-order valence-corrected chi connectivity index (χ0v) is 10.0. The van der Waals surface area contributed by atoms with Crippen LogP contribution in [0.3, 0.4) is 0 Å². The third-order valence-corrected chi connectivity index (χ3v) is 2.27. The van der Waals surface area contributed by atoms with Gasteiger partial charge in [-0.1, -0.05) is 33.2 Å². The van der Waals surface area contributed by atoms with Crippen LogP contribution in [0.4, 0.5) is 13.2 Å². The highest BCUT2D eigenvalue weighted by Crippen LogP contribution is 2.32. The maximum atomic E-state index is 12.5. The summed E-state index contributed by atoms with van der Waals surface area (Å²) in [5, 5.41) is 3.24. The molecule has 0 fully saturated rings. The minimum Gasteiger partial charge on any atom is -0.166 e. The fourth-order valence-corrected chi connectivity index (χ4v) is 1.66. The summed E-state index contributed by atoms with van der Waals surface area (Å²) in [7, 11) is 0. The van der Waals surface area contributed by atoms with E-state index in [1.807, 2.05) is 0 Å². The van der Waals surface area contributed by atoms with Crippen LogP contribution in [0.25, 0.3) is 16.5 Å². The Bertz CT molecular complexity index is 476. The highest BCUT2D eigenvalue weighted by atomic mass is 79.9. The average Bonchev–Trinajstić information content (AvgIpc) is 2.22. The van der Waals surface area contributed by atoms with E-state index in [4.69, 9.17) is 5.53 Å². The molecule has 0 aliphatic carbocycles. The van der Waals surface area contributed by atoms with Gasteiger partial charge in [0.2, 0.25) is 0 Å². The molecule has 0 unspecified atom stereocenters. The molecule has 0 aromatic heterocycles. The van der Waals surface area contributed by atoms with Gasteiger partial charge in [0.05, 0.1) is 5.56 Å². The van der Waals surface area contributed by atoms with Crippen LogP contribution in [0.5, 0.6) is 0 Å². The quantitative estimate of drug-likeness (QED) is 0.438. The Balaban J connectivity index is 2.97. The lowest BCUT2D eigenvalue weighted by Gasteiger charge is -2.08. The molecule has 3 nitrogen and oxygen atoms in total. The Hall–Kier alpha value is -1.46. The van der Waals surface area contributed by atoms with Crippen molar-refractivity contribution in [3.63, 3.8) is 0 Å². The van der Waals surface area contributed by atoms with E-state index >= 15 is 0 Å². The number of alkyl halides is 3. The molecule has 0 heterocycles. The van der Waals surface area contributed by atoms with Crippen LogP contribution in [-0.2, 0) is 6.18 Å². The molecule has 1 rings (SSSR count). The van der Waals surface area contributed by atoms with E-state index in [0.717, 1.165) is 12.1 Å². The number of halogens is 4. The number of hydrogen-bond donors (Lipinski definition) is 0. The Morgan fingerprint density at radius 3 is 2.65 bits per heavy atom. The highest BCUT2D eigenvalue weighted by molar-refractivity contribution is 9.10. The molecule has 0 atom stereocenters. The lowest BCUT2D eigenvalue weighted by molar-refractivity contribution is -0.137. The SMILES string of the molecule is [N-]=[N+]=NCC=Cc1cc(Br)cc(C(F)(F)F)c1. The second-order valence-corrected chi connectivity index (χ2v) is 4.00. The van der Waals surface area contributed by atoms with Crippen molar-refractivity contribution >= 4 is 22.0 Å². The molecule has 0 saturated carbocycles. The number of benzene rings is 1. The largest absolute Gasteiger partial charge is 0.416 e. The molecule has 0 amide bonds. The molecule has 90 valence electrons. The normalized spacial score (nSPS) is 11.5. The summed E-state index contributed by atoms with van der Waals surface area (Å²) in [5.41, 5.74) is 7.69. The second kappa shape index (κ2) is 5.75. The van der Waals surface area contributed by atoms with Crippen LogP contribution in [-0.4, -0.2) is 6.54 Å². The number of nitrogens with zero attached hydrogens (tertiary/aromatic N) is 3. The third kappa shape index (κ3) is 4.50. The van der Waals surface area contributed by atoms with Gasteiger partial charge < -0.3 is 0 Å². The van der Waals surface area contributed by atoms with Gasteiger partial charge in [-0.05, 0) is 29.3 Å². The second-order valence-electron chi connectivity index (χ2n) is 3.09. The molecule has 7 heteroatoms. The summed E-state index contributed by atoms with van der Waals surface area (Å²) in [5.74, 6) is 0. The number of rotatable bonds is 3. The standard InChI is InChI=1S/C10H7BrF3N3/c11-9-5-7(2-1-3-16-17-15)4-8(6-9)10(12,13)14/h1-2,4-6H,3H2. The Morgan fingerprint density at radius 2 is 2.06 bits per heavy atom. The van der Waals surface area contributed by atoms with Crippen LogP contribution in [0.2, 0.25) is 0 Å². The van der Waals surface area contributed by atoms with Crippen molar-refractivity contribution in [1.82, 2.24) is 0 Å². The summed E-state index contributed by atoms with van der Waals surface area (Å²) in [4.78, 5) is 2.53. The predicted octanol–water partition coefficient (Wildman–Crippen LogP) is 4.79. The van der Waals surface area contributed by atoms with Crippen molar-refractivity contribution in [3.05, 3.63) is 50.3 Å². The molecule has 1 aromatic carbocycles. The molecule has 0 spiro atoms. The molecule has 0 N–H and O–H groups in total. The van der Waals surface area contributed by atoms with Crippen molar-refractivity contribution in [2.75, 3.05) is 6.54 Å². The fraction of sp³-hybridized carbons (Fsp3) is 0.200. The van der Waals surface area contributed by atoms with Gasteiger partial charge in [0, 0.05) is 15.9 Å². The van der Waals surface area contributed by atoms with Crippen LogP contribution < -0.4 is 0 Å². The van der Waals surface area contributed by atoms with Crippen molar-refractivity contribution in [2.24, 2.45) is 5.11 Å². The van der Waals surface area contributed by atoms with Gasteiger partial charge in [0.25, 0.3) is 0 Å². The summed E-state index contributed by atoms with van der Waals surface area (Å²) < 4.78 is 37.8. The molecule has 0 bridgehead atoms. The van der Waals surface area contributed by atoms with Crippen LogP contribution in [0.1, 0.15) is 11.1 Å². The number of azide groups is 1. The molecule has 0 saturated heterocycles. The van der Waals surface area contributed by atoms with E-state index in [2.05, 4.69) is 26.0 Å². The Kier molecular flexibility index (Phi) is 4.60. The zero-order valence-electron chi connectivity index (χ0n) is 8.45. The molecule has 17 heavy (non-hydrogen) atoms. The molecule has 1 aromatic rings. The topological polar surface area (TPSA) is 48.8 Å². The molecule has 0 radical (unpaired) electrons. The smallest absolute Gasteiger partial charge is 0.166 e. The Morgan fingerprint density at radius 1 is 1.35 bits per heavy atom. The van der Waals surface area contributed by atoms with Gasteiger partial charge >= 0.3 is 6.18 Å². The minimum atomic E-state index is -4.38. The highest BCUT2D eigenvalue weighted by Gasteiger charge is 2.30. The van der Waals surface area contributed by atoms with E-state index < -0.39 is 11.7 Å². The van der Waals surface area contributed by atoms with Crippen molar-refractivity contribution < 1.29 is 13.2 Å². The van der Waals surface area contributed by atoms with E-state index in [0.29, 0.717) is 10.0 Å². The lowest BCUT2D eigenvalue weighted by atomic mass is 10.1. The van der Waals surface area contributed by atoms with Crippen molar-refractivity contribution in [1.29, 1.82) is 0 Å². The minimum absolute atomic E-state index is 0.102. The summed E-state index contributed by atoms with van der Waals surface area (Å²) in [6.45, 7) is 0.102. The molecular formula is C10H7BrF3N3. The van der Waals surface area contributed by atoms with E-state index in [1.165, 1.54) is 12.2 Å². The molecule has 0 aliphatic rings. The third-order valence-electron chi connectivity index (χ3n) is 1.81. The summed E-state index contributed by atoms with van der Waals surface area (Å²) in [6, 6.07) is 3.57. The Labute approximate surface area is 104 Å². The summed E-state index contributed by atoms with van der Waals surface area (Å²) in [6.07, 6.45) is -1.42. The van der Waals surface area contributed by atoms with Crippen molar-refractivity contribution in [2.45, 2.75) is 6.18 Å². The fourth-order valence-electron chi connectivity index (χ4n) is 1.14. The van der Waals surface area contributed by atoms with E-state index in [1.54, 1.807) is 6.07 Å². The molecular weight excluding hydrogens is 299 g/mol. The van der Waals surface area contributed by atoms with Gasteiger partial charge in [-0.15, -0.1) is 0 Å².